The molecule has 0 fully saturated rings. The van der Waals surface area contributed by atoms with E-state index in [1.54, 1.807) is 0 Å². The molecule has 0 aliphatic carbocycles. The number of anilines is 1. The molecule has 1 rings (SSSR count). The van der Waals surface area contributed by atoms with Crippen molar-refractivity contribution in [3.8, 4) is 0 Å². The number of nitrogens with one attached hydrogen (secondary N) is 1. The molecule has 0 heterocycles. The molecule has 1 aromatic carbocycles. The molecule has 2 heteroatoms. The van der Waals surface area contributed by atoms with E-state index >= 15 is 0 Å². The lowest BCUT2D eigenvalue weighted by atomic mass is 10.1. The molecule has 1 nitrogen and oxygen atoms in total. The normalized spacial score (nSPS) is 12.5. The third kappa shape index (κ3) is 4.87. The summed E-state index contributed by atoms with van der Waals surface area (Å²) in [6.45, 7) is 4.50. The van der Waals surface area contributed by atoms with Crippen molar-refractivity contribution in [1.82, 2.24) is 0 Å². The number of halogens is 1. The summed E-state index contributed by atoms with van der Waals surface area (Å²) >= 11 is 2.35. The van der Waals surface area contributed by atoms with Crippen LogP contribution < -0.4 is 5.32 Å². The molecule has 0 saturated carbocycles. The maximum atomic E-state index is 3.60. The molecule has 1 aromatic rings. The van der Waals surface area contributed by atoms with Gasteiger partial charge in [0.05, 0.1) is 0 Å². The molecule has 0 aromatic heterocycles. The van der Waals surface area contributed by atoms with E-state index in [-0.39, 0.29) is 0 Å². The van der Waals surface area contributed by atoms with Gasteiger partial charge in [-0.1, -0.05) is 32.8 Å². The fourth-order valence-electron chi connectivity index (χ4n) is 1.64. The molecule has 0 spiro atoms. The van der Waals surface area contributed by atoms with E-state index in [0.29, 0.717) is 6.04 Å². The maximum Gasteiger partial charge on any atom is 0.0352 e. The SMILES string of the molecule is CCCCC(CC)Nc1cccc(I)c1. The second kappa shape index (κ2) is 7.09. The average molecular weight is 317 g/mol. The average Bonchev–Trinajstić information content (AvgIpc) is 2.24. The van der Waals surface area contributed by atoms with Crippen LogP contribution in [0.5, 0.6) is 0 Å². The van der Waals surface area contributed by atoms with E-state index in [0.717, 1.165) is 0 Å². The van der Waals surface area contributed by atoms with Crippen LogP contribution in [0.15, 0.2) is 24.3 Å². The predicted octanol–water partition coefficient (Wildman–Crippen LogP) is 4.67. The Morgan fingerprint density at radius 3 is 2.73 bits per heavy atom. The summed E-state index contributed by atoms with van der Waals surface area (Å²) in [7, 11) is 0. The van der Waals surface area contributed by atoms with Crippen molar-refractivity contribution in [2.75, 3.05) is 5.32 Å². The van der Waals surface area contributed by atoms with Gasteiger partial charge in [0.1, 0.15) is 0 Å². The standard InChI is InChI=1S/C13H20IN/c1-3-5-8-12(4-2)15-13-9-6-7-11(14)10-13/h6-7,9-10,12,15H,3-5,8H2,1-2H3. The Balaban J connectivity index is 2.50. The van der Waals surface area contributed by atoms with E-state index in [4.69, 9.17) is 0 Å². The Hall–Kier alpha value is -0.250. The van der Waals surface area contributed by atoms with Gasteiger partial charge in [-0.25, -0.2) is 0 Å². The summed E-state index contributed by atoms with van der Waals surface area (Å²) in [5, 5.41) is 3.60. The minimum absolute atomic E-state index is 0.628. The Morgan fingerprint density at radius 1 is 1.33 bits per heavy atom. The maximum absolute atomic E-state index is 3.60. The Morgan fingerprint density at radius 2 is 2.13 bits per heavy atom. The third-order valence-electron chi connectivity index (χ3n) is 2.59. The Bertz CT molecular complexity index is 286. The minimum Gasteiger partial charge on any atom is -0.382 e. The summed E-state index contributed by atoms with van der Waals surface area (Å²) in [6, 6.07) is 9.21. The molecule has 1 unspecified atom stereocenters. The van der Waals surface area contributed by atoms with E-state index in [1.165, 1.54) is 34.9 Å². The van der Waals surface area contributed by atoms with Crippen molar-refractivity contribution in [3.63, 3.8) is 0 Å². The van der Waals surface area contributed by atoms with Gasteiger partial charge in [-0.15, -0.1) is 0 Å². The van der Waals surface area contributed by atoms with Crippen molar-refractivity contribution >= 4 is 28.3 Å². The molecule has 84 valence electrons. The van der Waals surface area contributed by atoms with Gasteiger partial charge in [-0.05, 0) is 53.6 Å². The first-order chi connectivity index (χ1) is 7.26. The van der Waals surface area contributed by atoms with Gasteiger partial charge in [-0.3, -0.25) is 0 Å². The predicted molar refractivity (Wildman–Crippen MR) is 76.4 cm³/mol. The van der Waals surface area contributed by atoms with Crippen LogP contribution in [0.3, 0.4) is 0 Å². The largest absolute Gasteiger partial charge is 0.382 e. The molecule has 0 amide bonds. The molecule has 15 heavy (non-hydrogen) atoms. The summed E-state index contributed by atoms with van der Waals surface area (Å²) in [6.07, 6.45) is 5.07. The summed E-state index contributed by atoms with van der Waals surface area (Å²) in [4.78, 5) is 0. The van der Waals surface area contributed by atoms with Crippen molar-refractivity contribution in [2.45, 2.75) is 45.6 Å². The zero-order valence-electron chi connectivity index (χ0n) is 9.59. The van der Waals surface area contributed by atoms with Crippen molar-refractivity contribution in [1.29, 1.82) is 0 Å². The Labute approximate surface area is 107 Å². The first-order valence-corrected chi connectivity index (χ1v) is 6.86. The number of hydrogen-bond acceptors (Lipinski definition) is 1. The summed E-state index contributed by atoms with van der Waals surface area (Å²) in [5.41, 5.74) is 1.25. The third-order valence-corrected chi connectivity index (χ3v) is 3.27. The van der Waals surface area contributed by atoms with Crippen LogP contribution in [-0.4, -0.2) is 6.04 Å². The second-order valence-electron chi connectivity index (χ2n) is 3.90. The zero-order valence-corrected chi connectivity index (χ0v) is 11.8. The quantitative estimate of drug-likeness (QED) is 0.752. The van der Waals surface area contributed by atoms with Crippen LogP contribution >= 0.6 is 22.6 Å². The molecule has 1 atom stereocenters. The van der Waals surface area contributed by atoms with Crippen LogP contribution in [-0.2, 0) is 0 Å². The van der Waals surface area contributed by atoms with E-state index < -0.39 is 0 Å². The van der Waals surface area contributed by atoms with Gasteiger partial charge in [0, 0.05) is 15.3 Å². The lowest BCUT2D eigenvalue weighted by Gasteiger charge is -2.18. The highest BCUT2D eigenvalue weighted by Gasteiger charge is 2.04. The number of benzene rings is 1. The first-order valence-electron chi connectivity index (χ1n) is 5.78. The molecule has 0 aliphatic heterocycles. The van der Waals surface area contributed by atoms with Crippen LogP contribution in [0.25, 0.3) is 0 Å². The molecular formula is C13H20IN. The summed E-state index contributed by atoms with van der Waals surface area (Å²) in [5.74, 6) is 0. The monoisotopic (exact) mass is 317 g/mol. The zero-order chi connectivity index (χ0) is 11.1. The Kier molecular flexibility index (Phi) is 6.06. The smallest absolute Gasteiger partial charge is 0.0352 e. The molecule has 0 aliphatic rings. The van der Waals surface area contributed by atoms with Crippen LogP contribution in [0.2, 0.25) is 0 Å². The lowest BCUT2D eigenvalue weighted by Crippen LogP contribution is -2.18. The van der Waals surface area contributed by atoms with E-state index in [1.807, 2.05) is 0 Å². The van der Waals surface area contributed by atoms with Gasteiger partial charge in [0.25, 0.3) is 0 Å². The topological polar surface area (TPSA) is 12.0 Å². The second-order valence-corrected chi connectivity index (χ2v) is 5.15. The molecule has 0 saturated heterocycles. The van der Waals surface area contributed by atoms with Crippen LogP contribution in [0.4, 0.5) is 5.69 Å². The highest BCUT2D eigenvalue weighted by Crippen LogP contribution is 2.16. The van der Waals surface area contributed by atoms with Crippen LogP contribution in [0.1, 0.15) is 39.5 Å². The van der Waals surface area contributed by atoms with Crippen molar-refractivity contribution < 1.29 is 0 Å². The van der Waals surface area contributed by atoms with E-state index in [9.17, 15) is 0 Å². The molecular weight excluding hydrogens is 297 g/mol. The van der Waals surface area contributed by atoms with Gasteiger partial charge in [0.2, 0.25) is 0 Å². The number of unbranched alkanes of at least 4 members (excludes halogenated alkanes) is 1. The number of hydrogen-bond donors (Lipinski definition) is 1. The minimum atomic E-state index is 0.628. The van der Waals surface area contributed by atoms with Gasteiger partial charge >= 0.3 is 0 Å². The van der Waals surface area contributed by atoms with Gasteiger partial charge in [-0.2, -0.15) is 0 Å². The molecule has 0 bridgehead atoms. The lowest BCUT2D eigenvalue weighted by molar-refractivity contribution is 0.593. The molecule has 1 N–H and O–H groups in total. The number of rotatable bonds is 6. The summed E-state index contributed by atoms with van der Waals surface area (Å²) < 4.78 is 1.29. The highest BCUT2D eigenvalue weighted by atomic mass is 127. The first kappa shape index (κ1) is 12.8. The van der Waals surface area contributed by atoms with Gasteiger partial charge in [0.15, 0.2) is 0 Å². The molecule has 0 radical (unpaired) electrons. The van der Waals surface area contributed by atoms with Gasteiger partial charge < -0.3 is 5.32 Å². The van der Waals surface area contributed by atoms with E-state index in [2.05, 4.69) is 66.0 Å². The van der Waals surface area contributed by atoms with Crippen molar-refractivity contribution in [3.05, 3.63) is 27.8 Å². The highest BCUT2D eigenvalue weighted by molar-refractivity contribution is 14.1. The fraction of sp³-hybridized carbons (Fsp3) is 0.538. The van der Waals surface area contributed by atoms with Crippen molar-refractivity contribution in [2.24, 2.45) is 0 Å². The fourth-order valence-corrected chi connectivity index (χ4v) is 2.19. The van der Waals surface area contributed by atoms with Crippen LogP contribution in [0, 0.1) is 3.57 Å².